The number of hydrogen-bond acceptors (Lipinski definition) is 0. The first-order chi connectivity index (χ1) is 5.49. The molecule has 0 fully saturated rings. The van der Waals surface area contributed by atoms with Gasteiger partial charge in [-0.2, -0.15) is 0 Å². The first kappa shape index (κ1) is 10.8. The summed E-state index contributed by atoms with van der Waals surface area (Å²) < 4.78 is 60.6. The van der Waals surface area contributed by atoms with Crippen molar-refractivity contribution in [1.82, 2.24) is 0 Å². The lowest BCUT2D eigenvalue weighted by molar-refractivity contribution is 0.364. The van der Waals surface area contributed by atoms with Gasteiger partial charge in [0, 0.05) is 4.47 Å². The van der Waals surface area contributed by atoms with Crippen LogP contribution in [0.3, 0.4) is 0 Å². The van der Waals surface area contributed by atoms with Crippen LogP contribution in [0.5, 0.6) is 0 Å². The molecule has 0 amide bonds. The molecule has 0 bridgehead atoms. The Labute approximate surface area is 79.6 Å². The standard InChI is InChI=1S/C6H4BrF5S/c7-5-1-3-6(4-2-5)13(8,9,10,11)12/h1-4H. The van der Waals surface area contributed by atoms with E-state index in [-0.39, 0.29) is 0 Å². The van der Waals surface area contributed by atoms with Crippen molar-refractivity contribution < 1.29 is 19.4 Å². The molecule has 0 aliphatic carbocycles. The molecule has 13 heavy (non-hydrogen) atoms. The van der Waals surface area contributed by atoms with Gasteiger partial charge in [-0.15, -0.1) is 0 Å². The first-order valence-electron chi connectivity index (χ1n) is 2.99. The maximum absolute atomic E-state index is 12.1. The predicted octanol–water partition coefficient (Wildman–Crippen LogP) is 5.11. The molecule has 0 aliphatic heterocycles. The van der Waals surface area contributed by atoms with Gasteiger partial charge < -0.3 is 0 Å². The van der Waals surface area contributed by atoms with Crippen molar-refractivity contribution in [1.29, 1.82) is 0 Å². The average molecular weight is 283 g/mol. The van der Waals surface area contributed by atoms with Crippen molar-refractivity contribution in [3.63, 3.8) is 0 Å². The van der Waals surface area contributed by atoms with E-state index in [1.54, 1.807) is 0 Å². The van der Waals surface area contributed by atoms with Crippen LogP contribution in [0.25, 0.3) is 0 Å². The molecular weight excluding hydrogens is 279 g/mol. The van der Waals surface area contributed by atoms with Crippen LogP contribution in [0.4, 0.5) is 19.4 Å². The van der Waals surface area contributed by atoms with E-state index in [1.807, 2.05) is 0 Å². The minimum atomic E-state index is -9.47. The van der Waals surface area contributed by atoms with Crippen LogP contribution in [0.1, 0.15) is 0 Å². The lowest BCUT2D eigenvalue weighted by Gasteiger charge is -2.40. The third-order valence-electron chi connectivity index (χ3n) is 1.26. The number of rotatable bonds is 1. The number of halogens is 6. The van der Waals surface area contributed by atoms with Crippen molar-refractivity contribution in [3.8, 4) is 0 Å². The SMILES string of the molecule is FS(F)(F)(F)(F)c1ccc(Br)cc1. The van der Waals surface area contributed by atoms with E-state index in [0.29, 0.717) is 16.6 Å². The summed E-state index contributed by atoms with van der Waals surface area (Å²) in [6, 6.07) is 2.55. The highest BCUT2D eigenvalue weighted by Gasteiger charge is 2.65. The molecule has 1 rings (SSSR count). The molecule has 0 aliphatic rings. The lowest BCUT2D eigenvalue weighted by atomic mass is 10.4. The first-order valence-corrected chi connectivity index (χ1v) is 5.73. The summed E-state index contributed by atoms with van der Waals surface area (Å²) in [4.78, 5) is -1.87. The second-order valence-electron chi connectivity index (χ2n) is 2.42. The fourth-order valence-corrected chi connectivity index (χ4v) is 1.61. The topological polar surface area (TPSA) is 0 Å². The molecule has 0 aromatic heterocycles. The Morgan fingerprint density at radius 3 is 1.54 bits per heavy atom. The third kappa shape index (κ3) is 2.84. The van der Waals surface area contributed by atoms with Crippen LogP contribution in [-0.4, -0.2) is 0 Å². The summed E-state index contributed by atoms with van der Waals surface area (Å²) in [6.45, 7) is 0. The zero-order chi connectivity index (χ0) is 10.4. The van der Waals surface area contributed by atoms with Gasteiger partial charge in [-0.3, -0.25) is 0 Å². The quantitative estimate of drug-likeness (QED) is 0.628. The third-order valence-corrected chi connectivity index (χ3v) is 2.95. The van der Waals surface area contributed by atoms with Gasteiger partial charge in [-0.05, 0) is 24.3 Å². The van der Waals surface area contributed by atoms with Gasteiger partial charge in [0.2, 0.25) is 0 Å². The van der Waals surface area contributed by atoms with Crippen LogP contribution < -0.4 is 0 Å². The van der Waals surface area contributed by atoms with Crippen molar-refractivity contribution in [3.05, 3.63) is 28.7 Å². The normalized spacial score (nSPS) is 17.7. The van der Waals surface area contributed by atoms with Crippen LogP contribution in [-0.2, 0) is 0 Å². The highest BCUT2D eigenvalue weighted by molar-refractivity contribution is 9.10. The molecule has 0 nitrogen and oxygen atoms in total. The minimum Gasteiger partial charge on any atom is -0.0936 e. The smallest absolute Gasteiger partial charge is 0.0936 e. The number of benzene rings is 1. The Balaban J connectivity index is 3.34. The minimum absolute atomic E-state index is 0.318. The maximum atomic E-state index is 12.1. The van der Waals surface area contributed by atoms with Crippen molar-refractivity contribution >= 4 is 26.2 Å². The molecular formula is C6H4BrF5S. The van der Waals surface area contributed by atoms with E-state index >= 15 is 0 Å². The van der Waals surface area contributed by atoms with Crippen LogP contribution in [0.15, 0.2) is 33.6 Å². The Bertz CT molecular complexity index is 325. The van der Waals surface area contributed by atoms with E-state index < -0.39 is 15.1 Å². The Hall–Kier alpha value is -0.300. The second kappa shape index (κ2) is 2.20. The fraction of sp³-hybridized carbons (Fsp3) is 0. The van der Waals surface area contributed by atoms with Gasteiger partial charge in [0.1, 0.15) is 4.90 Å². The molecule has 7 heteroatoms. The fourth-order valence-electron chi connectivity index (χ4n) is 0.692. The largest absolute Gasteiger partial charge is 0.310 e. The van der Waals surface area contributed by atoms with Crippen LogP contribution in [0.2, 0.25) is 0 Å². The molecule has 0 saturated carbocycles. The summed E-state index contributed by atoms with van der Waals surface area (Å²) in [5, 5.41) is 0. The van der Waals surface area contributed by atoms with Gasteiger partial charge in [-0.25, -0.2) is 0 Å². The molecule has 1 aromatic rings. The molecule has 1 aromatic carbocycles. The molecule has 0 heterocycles. The van der Waals surface area contributed by atoms with Crippen molar-refractivity contribution in [2.75, 3.05) is 0 Å². The lowest BCUT2D eigenvalue weighted by Crippen LogP contribution is -2.05. The van der Waals surface area contributed by atoms with E-state index in [9.17, 15) is 19.4 Å². The predicted molar refractivity (Wildman–Crippen MR) is 45.5 cm³/mol. The number of hydrogen-bond donors (Lipinski definition) is 0. The van der Waals surface area contributed by atoms with Gasteiger partial charge in [0.05, 0.1) is 0 Å². The van der Waals surface area contributed by atoms with Crippen molar-refractivity contribution in [2.24, 2.45) is 0 Å². The molecule has 0 saturated heterocycles. The molecule has 0 radical (unpaired) electrons. The molecule has 0 N–H and O–H groups in total. The molecule has 0 spiro atoms. The molecule has 0 unspecified atom stereocenters. The summed E-state index contributed by atoms with van der Waals surface area (Å²) in [6.07, 6.45) is 0. The van der Waals surface area contributed by atoms with Crippen molar-refractivity contribution in [2.45, 2.75) is 4.90 Å². The van der Waals surface area contributed by atoms with Gasteiger partial charge in [0.15, 0.2) is 0 Å². The maximum Gasteiger partial charge on any atom is 0.310 e. The second-order valence-corrected chi connectivity index (χ2v) is 5.75. The van der Waals surface area contributed by atoms with Gasteiger partial charge in [0.25, 0.3) is 0 Å². The average Bonchev–Trinajstić information content (AvgIpc) is 1.82. The summed E-state index contributed by atoms with van der Waals surface area (Å²) in [5.41, 5.74) is 0. The zero-order valence-electron chi connectivity index (χ0n) is 5.99. The Kier molecular flexibility index (Phi) is 1.82. The Morgan fingerprint density at radius 2 is 1.23 bits per heavy atom. The van der Waals surface area contributed by atoms with Gasteiger partial charge >= 0.3 is 10.2 Å². The highest BCUT2D eigenvalue weighted by atomic mass is 79.9. The highest BCUT2D eigenvalue weighted by Crippen LogP contribution is 3.02. The monoisotopic (exact) mass is 282 g/mol. The summed E-state index contributed by atoms with van der Waals surface area (Å²) >= 11 is 2.85. The van der Waals surface area contributed by atoms with E-state index in [1.165, 1.54) is 0 Å². The van der Waals surface area contributed by atoms with Gasteiger partial charge in [-0.1, -0.05) is 35.4 Å². The van der Waals surface area contributed by atoms with E-state index in [2.05, 4.69) is 15.9 Å². The van der Waals surface area contributed by atoms with E-state index in [0.717, 1.165) is 12.1 Å². The Morgan fingerprint density at radius 1 is 0.846 bits per heavy atom. The summed E-state index contributed by atoms with van der Waals surface area (Å²) in [7, 11) is -9.47. The molecule has 76 valence electrons. The molecule has 0 atom stereocenters. The van der Waals surface area contributed by atoms with Crippen LogP contribution in [0, 0.1) is 0 Å². The van der Waals surface area contributed by atoms with E-state index in [4.69, 9.17) is 0 Å². The van der Waals surface area contributed by atoms with Crippen LogP contribution >= 0.6 is 26.2 Å². The summed E-state index contributed by atoms with van der Waals surface area (Å²) in [5.74, 6) is 0. The zero-order valence-corrected chi connectivity index (χ0v) is 8.39.